The number of thiophene rings is 1. The van der Waals surface area contributed by atoms with Gasteiger partial charge in [-0.1, -0.05) is 41.1 Å². The molecule has 160 valence electrons. The van der Waals surface area contributed by atoms with E-state index in [0.29, 0.717) is 32.2 Å². The SMILES string of the molecule is COCCOC(=O)C1=C(C)N=c2sc(=Cc3ccc(Cl)cc3)c(=O)n2[C@H]1c1cccs1. The van der Waals surface area contributed by atoms with E-state index >= 15 is 0 Å². The van der Waals surface area contributed by atoms with E-state index in [-0.39, 0.29) is 12.2 Å². The highest BCUT2D eigenvalue weighted by molar-refractivity contribution is 7.10. The van der Waals surface area contributed by atoms with Gasteiger partial charge in [0.05, 0.1) is 22.4 Å². The summed E-state index contributed by atoms with van der Waals surface area (Å²) in [5.74, 6) is -0.497. The van der Waals surface area contributed by atoms with Crippen molar-refractivity contribution in [3.8, 4) is 0 Å². The molecule has 9 heteroatoms. The molecule has 0 spiro atoms. The second-order valence-corrected chi connectivity index (χ2v) is 9.20. The lowest BCUT2D eigenvalue weighted by atomic mass is 10.0. The zero-order valence-electron chi connectivity index (χ0n) is 16.8. The van der Waals surface area contributed by atoms with Gasteiger partial charge in [0.15, 0.2) is 4.80 Å². The third kappa shape index (κ3) is 4.43. The van der Waals surface area contributed by atoms with Crippen molar-refractivity contribution in [1.29, 1.82) is 0 Å². The van der Waals surface area contributed by atoms with E-state index in [9.17, 15) is 9.59 Å². The first-order valence-corrected chi connectivity index (χ1v) is 11.5. The van der Waals surface area contributed by atoms with Crippen LogP contribution in [0.1, 0.15) is 23.4 Å². The number of halogens is 1. The van der Waals surface area contributed by atoms with Crippen molar-refractivity contribution in [2.75, 3.05) is 20.3 Å². The molecule has 1 atom stereocenters. The molecule has 0 bridgehead atoms. The summed E-state index contributed by atoms with van der Waals surface area (Å²) in [4.78, 5) is 32.3. The van der Waals surface area contributed by atoms with Gasteiger partial charge in [-0.05, 0) is 42.1 Å². The number of ether oxygens (including phenoxy) is 2. The number of carbonyl (C=O) groups excluding carboxylic acids is 1. The van der Waals surface area contributed by atoms with Crippen molar-refractivity contribution in [2.24, 2.45) is 4.99 Å². The topological polar surface area (TPSA) is 69.9 Å². The van der Waals surface area contributed by atoms with E-state index < -0.39 is 12.0 Å². The van der Waals surface area contributed by atoms with Crippen molar-refractivity contribution in [3.05, 3.63) is 88.2 Å². The Hall–Kier alpha value is -2.52. The van der Waals surface area contributed by atoms with Crippen molar-refractivity contribution in [2.45, 2.75) is 13.0 Å². The molecule has 1 aliphatic heterocycles. The third-order valence-electron chi connectivity index (χ3n) is 4.74. The van der Waals surface area contributed by atoms with Gasteiger partial charge in [-0.25, -0.2) is 9.79 Å². The van der Waals surface area contributed by atoms with E-state index in [4.69, 9.17) is 21.1 Å². The minimum atomic E-state index is -0.585. The van der Waals surface area contributed by atoms with Crippen molar-refractivity contribution >= 4 is 46.3 Å². The third-order valence-corrected chi connectivity index (χ3v) is 6.90. The monoisotopic (exact) mass is 474 g/mol. The number of fused-ring (bicyclic) bond motifs is 1. The fourth-order valence-corrected chi connectivity index (χ4v) is 5.30. The highest BCUT2D eigenvalue weighted by Gasteiger charge is 2.33. The van der Waals surface area contributed by atoms with Gasteiger partial charge in [-0.2, -0.15) is 0 Å². The molecule has 1 aliphatic rings. The number of benzene rings is 1. The van der Waals surface area contributed by atoms with Crippen LogP contribution >= 0.6 is 34.3 Å². The predicted molar refractivity (Wildman–Crippen MR) is 122 cm³/mol. The molecule has 0 fully saturated rings. The maximum atomic E-state index is 13.4. The lowest BCUT2D eigenvalue weighted by molar-refractivity contribution is -0.140. The molecule has 0 saturated heterocycles. The Labute approximate surface area is 191 Å². The van der Waals surface area contributed by atoms with Gasteiger partial charge in [0.2, 0.25) is 0 Å². The second kappa shape index (κ2) is 9.32. The average molecular weight is 475 g/mol. The Balaban J connectivity index is 1.84. The lowest BCUT2D eigenvalue weighted by Gasteiger charge is -2.23. The molecule has 3 aromatic rings. The molecule has 0 N–H and O–H groups in total. The first kappa shape index (κ1) is 21.7. The lowest BCUT2D eigenvalue weighted by Crippen LogP contribution is -2.39. The van der Waals surface area contributed by atoms with Gasteiger partial charge >= 0.3 is 5.97 Å². The predicted octanol–water partition coefficient (Wildman–Crippen LogP) is 3.14. The number of rotatable bonds is 6. The molecule has 1 aromatic carbocycles. The minimum Gasteiger partial charge on any atom is -0.460 e. The molecule has 0 amide bonds. The Kier molecular flexibility index (Phi) is 6.52. The summed E-state index contributed by atoms with van der Waals surface area (Å²) in [6.45, 7) is 2.19. The Morgan fingerprint density at radius 2 is 2.03 bits per heavy atom. The van der Waals surface area contributed by atoms with E-state index in [1.165, 1.54) is 22.7 Å². The van der Waals surface area contributed by atoms with Crippen molar-refractivity contribution in [1.82, 2.24) is 4.57 Å². The van der Waals surface area contributed by atoms with Crippen LogP contribution in [0, 0.1) is 0 Å². The molecule has 0 unspecified atom stereocenters. The highest BCUT2D eigenvalue weighted by Crippen LogP contribution is 2.33. The van der Waals surface area contributed by atoms with E-state index in [2.05, 4.69) is 4.99 Å². The van der Waals surface area contributed by atoms with Crippen molar-refractivity contribution in [3.63, 3.8) is 0 Å². The summed E-state index contributed by atoms with van der Waals surface area (Å²) in [6.07, 6.45) is 1.81. The zero-order chi connectivity index (χ0) is 22.0. The van der Waals surface area contributed by atoms with Crippen LogP contribution in [0.4, 0.5) is 0 Å². The average Bonchev–Trinajstić information content (AvgIpc) is 3.38. The standard InChI is InChI=1S/C22H19ClN2O4S2/c1-13-18(21(27)29-10-9-28-2)19(16-4-3-11-30-16)25-20(26)17(31-22(25)24-13)12-14-5-7-15(23)8-6-14/h3-8,11-12,19H,9-10H2,1-2H3/t19-/m0/s1. The molecule has 0 saturated carbocycles. The van der Waals surface area contributed by atoms with Gasteiger partial charge in [-0.15, -0.1) is 11.3 Å². The molecule has 4 rings (SSSR count). The van der Waals surface area contributed by atoms with Crippen LogP contribution in [0.15, 0.2) is 62.8 Å². The van der Waals surface area contributed by atoms with Gasteiger partial charge in [-0.3, -0.25) is 9.36 Å². The smallest absolute Gasteiger partial charge is 0.338 e. The summed E-state index contributed by atoms with van der Waals surface area (Å²) >= 11 is 8.74. The fourth-order valence-electron chi connectivity index (χ4n) is 3.30. The zero-order valence-corrected chi connectivity index (χ0v) is 19.2. The first-order valence-electron chi connectivity index (χ1n) is 9.47. The quantitative estimate of drug-likeness (QED) is 0.406. The Bertz CT molecular complexity index is 1300. The maximum Gasteiger partial charge on any atom is 0.338 e. The summed E-state index contributed by atoms with van der Waals surface area (Å²) in [5, 5.41) is 2.55. The van der Waals surface area contributed by atoms with Gasteiger partial charge in [0, 0.05) is 17.0 Å². The molecular weight excluding hydrogens is 456 g/mol. The number of allylic oxidation sites excluding steroid dienone is 1. The number of nitrogens with zero attached hydrogens (tertiary/aromatic N) is 2. The Morgan fingerprint density at radius 3 is 2.71 bits per heavy atom. The van der Waals surface area contributed by atoms with Crippen LogP contribution in [-0.4, -0.2) is 30.9 Å². The first-order chi connectivity index (χ1) is 15.0. The van der Waals surface area contributed by atoms with Crippen LogP contribution in [0.5, 0.6) is 0 Å². The van der Waals surface area contributed by atoms with Gasteiger partial charge in [0.25, 0.3) is 5.56 Å². The molecule has 3 heterocycles. The number of methoxy groups -OCH3 is 1. The van der Waals surface area contributed by atoms with E-state index in [0.717, 1.165) is 10.4 Å². The van der Waals surface area contributed by atoms with Crippen molar-refractivity contribution < 1.29 is 14.3 Å². The summed E-state index contributed by atoms with van der Waals surface area (Å²) in [6, 6.07) is 10.5. The summed E-state index contributed by atoms with van der Waals surface area (Å²) < 4.78 is 12.5. The largest absolute Gasteiger partial charge is 0.460 e. The molecule has 6 nitrogen and oxygen atoms in total. The number of carbonyl (C=O) groups is 1. The minimum absolute atomic E-state index is 0.129. The fraction of sp³-hybridized carbons (Fsp3) is 0.227. The van der Waals surface area contributed by atoms with E-state index in [1.807, 2.05) is 35.7 Å². The molecular formula is C22H19ClN2O4S2. The number of esters is 1. The summed E-state index contributed by atoms with van der Waals surface area (Å²) in [7, 11) is 1.54. The number of hydrogen-bond donors (Lipinski definition) is 0. The molecule has 0 radical (unpaired) electrons. The number of hydrogen-bond acceptors (Lipinski definition) is 7. The van der Waals surface area contributed by atoms with Crippen LogP contribution in [0.25, 0.3) is 6.08 Å². The number of aromatic nitrogens is 1. The summed E-state index contributed by atoms with van der Waals surface area (Å²) in [5.41, 5.74) is 1.56. The maximum absolute atomic E-state index is 13.4. The molecule has 2 aromatic heterocycles. The van der Waals surface area contributed by atoms with E-state index in [1.54, 1.807) is 30.7 Å². The van der Waals surface area contributed by atoms with Crippen LogP contribution in [0.3, 0.4) is 0 Å². The van der Waals surface area contributed by atoms with Gasteiger partial charge < -0.3 is 9.47 Å². The van der Waals surface area contributed by atoms with Crippen LogP contribution in [-0.2, 0) is 14.3 Å². The second-order valence-electron chi connectivity index (χ2n) is 6.78. The number of thiazole rings is 1. The van der Waals surface area contributed by atoms with Gasteiger partial charge in [0.1, 0.15) is 12.6 Å². The van der Waals surface area contributed by atoms with Crippen LogP contribution in [0.2, 0.25) is 5.02 Å². The normalized spacial score (nSPS) is 16.2. The molecule has 0 aliphatic carbocycles. The Morgan fingerprint density at radius 1 is 1.26 bits per heavy atom. The highest BCUT2D eigenvalue weighted by atomic mass is 35.5. The van der Waals surface area contributed by atoms with Crippen LogP contribution < -0.4 is 14.9 Å². The molecule has 31 heavy (non-hydrogen) atoms.